The van der Waals surface area contributed by atoms with Crippen LogP contribution in [0.3, 0.4) is 0 Å². The molecule has 1 unspecified atom stereocenters. The fourth-order valence-corrected chi connectivity index (χ4v) is 2.71. The van der Waals surface area contributed by atoms with E-state index in [1.165, 1.54) is 18.2 Å². The summed E-state index contributed by atoms with van der Waals surface area (Å²) in [6.45, 7) is 0.657. The molecule has 2 aromatic rings. The average molecular weight is 340 g/mol. The number of likely N-dealkylation sites (N-methyl/N-ethyl adjacent to an activating group) is 1. The Morgan fingerprint density at radius 1 is 1.10 bits per heavy atom. The maximum Gasteiger partial charge on any atom is 0.129 e. The first kappa shape index (κ1) is 15.1. The van der Waals surface area contributed by atoms with Gasteiger partial charge in [-0.2, -0.15) is 0 Å². The smallest absolute Gasteiger partial charge is 0.129 e. The van der Waals surface area contributed by atoms with Crippen molar-refractivity contribution in [3.05, 3.63) is 69.7 Å². The van der Waals surface area contributed by atoms with Crippen molar-refractivity contribution in [3.8, 4) is 0 Å². The van der Waals surface area contributed by atoms with Crippen molar-refractivity contribution >= 4 is 15.9 Å². The molecule has 0 radical (unpaired) electrons. The molecule has 1 N–H and O–H groups in total. The third kappa shape index (κ3) is 3.64. The summed E-state index contributed by atoms with van der Waals surface area (Å²) in [4.78, 5) is 0. The Kier molecular flexibility index (Phi) is 5.26. The van der Waals surface area contributed by atoms with Crippen LogP contribution in [0.1, 0.15) is 17.0 Å². The van der Waals surface area contributed by atoms with Crippen molar-refractivity contribution < 1.29 is 8.78 Å². The lowest BCUT2D eigenvalue weighted by Crippen LogP contribution is -2.20. The molecule has 0 spiro atoms. The van der Waals surface area contributed by atoms with E-state index in [0.717, 1.165) is 10.0 Å². The lowest BCUT2D eigenvalue weighted by atomic mass is 9.91. The largest absolute Gasteiger partial charge is 0.319 e. The van der Waals surface area contributed by atoms with Crippen molar-refractivity contribution in [1.82, 2.24) is 5.32 Å². The van der Waals surface area contributed by atoms with Gasteiger partial charge >= 0.3 is 0 Å². The predicted molar refractivity (Wildman–Crippen MR) is 80.9 cm³/mol. The second-order valence-corrected chi connectivity index (χ2v) is 5.63. The number of halogens is 3. The van der Waals surface area contributed by atoms with E-state index >= 15 is 0 Å². The zero-order chi connectivity index (χ0) is 14.5. The summed E-state index contributed by atoms with van der Waals surface area (Å²) in [5.41, 5.74) is 1.20. The van der Waals surface area contributed by atoms with Gasteiger partial charge in [0.1, 0.15) is 11.6 Å². The predicted octanol–water partition coefficient (Wildman–Crippen LogP) is 4.27. The van der Waals surface area contributed by atoms with Gasteiger partial charge in [-0.25, -0.2) is 8.78 Å². The molecular weight excluding hydrogens is 324 g/mol. The monoisotopic (exact) mass is 339 g/mol. The van der Waals surface area contributed by atoms with Crippen LogP contribution in [0.15, 0.2) is 46.9 Å². The summed E-state index contributed by atoms with van der Waals surface area (Å²) in [5.74, 6) is -0.953. The van der Waals surface area contributed by atoms with E-state index in [2.05, 4.69) is 21.2 Å². The summed E-state index contributed by atoms with van der Waals surface area (Å²) >= 11 is 3.43. The first-order chi connectivity index (χ1) is 9.61. The Morgan fingerprint density at radius 3 is 2.35 bits per heavy atom. The Balaban J connectivity index is 2.30. The maximum atomic E-state index is 13.8. The van der Waals surface area contributed by atoms with Gasteiger partial charge in [0.15, 0.2) is 0 Å². The molecule has 20 heavy (non-hydrogen) atoms. The highest BCUT2D eigenvalue weighted by Crippen LogP contribution is 2.25. The normalized spacial score (nSPS) is 12.4. The van der Waals surface area contributed by atoms with E-state index in [9.17, 15) is 8.78 Å². The highest BCUT2D eigenvalue weighted by Gasteiger charge is 2.17. The molecule has 4 heteroatoms. The molecule has 0 aromatic heterocycles. The third-order valence-electron chi connectivity index (χ3n) is 3.28. The van der Waals surface area contributed by atoms with E-state index in [1.54, 1.807) is 0 Å². The molecule has 0 aliphatic rings. The number of hydrogen-bond donors (Lipinski definition) is 1. The first-order valence-corrected chi connectivity index (χ1v) is 7.24. The van der Waals surface area contributed by atoms with Gasteiger partial charge in [-0.1, -0.05) is 34.1 Å². The molecular formula is C16H16BrF2N. The minimum Gasteiger partial charge on any atom is -0.319 e. The van der Waals surface area contributed by atoms with Gasteiger partial charge < -0.3 is 5.32 Å². The second-order valence-electron chi connectivity index (χ2n) is 4.71. The second kappa shape index (κ2) is 6.95. The van der Waals surface area contributed by atoms with E-state index in [0.29, 0.717) is 13.0 Å². The Hall–Kier alpha value is -1.26. The number of rotatable bonds is 5. The first-order valence-electron chi connectivity index (χ1n) is 6.44. The Labute approximate surface area is 126 Å². The molecule has 1 atom stereocenters. The maximum absolute atomic E-state index is 13.8. The molecule has 0 heterocycles. The van der Waals surface area contributed by atoms with Gasteiger partial charge in [0, 0.05) is 22.5 Å². The van der Waals surface area contributed by atoms with Crippen LogP contribution in [0.2, 0.25) is 0 Å². The van der Waals surface area contributed by atoms with Crippen molar-refractivity contribution in [2.24, 2.45) is 0 Å². The van der Waals surface area contributed by atoms with Crippen molar-refractivity contribution in [3.63, 3.8) is 0 Å². The van der Waals surface area contributed by atoms with Crippen LogP contribution in [-0.4, -0.2) is 13.6 Å². The van der Waals surface area contributed by atoms with Crippen LogP contribution in [0, 0.1) is 11.6 Å². The summed E-state index contributed by atoms with van der Waals surface area (Å²) < 4.78 is 28.5. The van der Waals surface area contributed by atoms with Crippen LogP contribution in [-0.2, 0) is 6.42 Å². The number of benzene rings is 2. The molecule has 0 bridgehead atoms. The molecule has 0 aliphatic heterocycles. The minimum atomic E-state index is -0.485. The molecule has 0 amide bonds. The molecule has 2 aromatic carbocycles. The summed E-state index contributed by atoms with van der Waals surface area (Å²) in [5, 5.41) is 3.08. The lowest BCUT2D eigenvalue weighted by molar-refractivity contribution is 0.529. The van der Waals surface area contributed by atoms with Crippen molar-refractivity contribution in [1.29, 1.82) is 0 Å². The quantitative estimate of drug-likeness (QED) is 0.857. The number of nitrogens with one attached hydrogen (secondary N) is 1. The zero-order valence-electron chi connectivity index (χ0n) is 11.2. The SMILES string of the molecule is CNCC(Cc1c(F)cccc1F)c1cccc(Br)c1. The Morgan fingerprint density at radius 2 is 1.75 bits per heavy atom. The van der Waals surface area contributed by atoms with Gasteiger partial charge in [0.2, 0.25) is 0 Å². The molecule has 0 fully saturated rings. The van der Waals surface area contributed by atoms with Gasteiger partial charge in [-0.15, -0.1) is 0 Å². The van der Waals surface area contributed by atoms with Crippen molar-refractivity contribution in [2.45, 2.75) is 12.3 Å². The lowest BCUT2D eigenvalue weighted by Gasteiger charge is -2.18. The van der Waals surface area contributed by atoms with E-state index in [4.69, 9.17) is 0 Å². The van der Waals surface area contributed by atoms with Crippen LogP contribution in [0.25, 0.3) is 0 Å². The Bertz CT molecular complexity index is 566. The standard InChI is InChI=1S/C16H16BrF2N/c1-20-10-12(11-4-2-5-13(17)8-11)9-14-15(18)6-3-7-16(14)19/h2-8,12,20H,9-10H2,1H3. The third-order valence-corrected chi connectivity index (χ3v) is 3.78. The van der Waals surface area contributed by atoms with E-state index in [-0.39, 0.29) is 11.5 Å². The average Bonchev–Trinajstić information content (AvgIpc) is 2.42. The highest BCUT2D eigenvalue weighted by molar-refractivity contribution is 9.10. The summed E-state index contributed by atoms with van der Waals surface area (Å²) in [7, 11) is 1.84. The van der Waals surface area contributed by atoms with Gasteiger partial charge in [0.25, 0.3) is 0 Å². The molecule has 2 rings (SSSR count). The molecule has 0 saturated carbocycles. The van der Waals surface area contributed by atoms with Gasteiger partial charge in [-0.05, 0) is 43.3 Å². The van der Waals surface area contributed by atoms with Crippen LogP contribution in [0.4, 0.5) is 8.78 Å². The molecule has 0 aliphatic carbocycles. The summed E-state index contributed by atoms with van der Waals surface area (Å²) in [6.07, 6.45) is 0.329. The van der Waals surface area contributed by atoms with Crippen molar-refractivity contribution in [2.75, 3.05) is 13.6 Å². The fraction of sp³-hybridized carbons (Fsp3) is 0.250. The van der Waals surface area contributed by atoms with Crippen LogP contribution in [0.5, 0.6) is 0 Å². The van der Waals surface area contributed by atoms with Crippen LogP contribution < -0.4 is 5.32 Å². The topological polar surface area (TPSA) is 12.0 Å². The van der Waals surface area contributed by atoms with Gasteiger partial charge in [0.05, 0.1) is 0 Å². The molecule has 1 nitrogen and oxygen atoms in total. The van der Waals surface area contributed by atoms with Crippen LogP contribution >= 0.6 is 15.9 Å². The highest BCUT2D eigenvalue weighted by atomic mass is 79.9. The van der Waals surface area contributed by atoms with E-state index < -0.39 is 11.6 Å². The zero-order valence-corrected chi connectivity index (χ0v) is 12.8. The number of hydrogen-bond acceptors (Lipinski definition) is 1. The minimum absolute atomic E-state index is 0.0175. The summed E-state index contributed by atoms with van der Waals surface area (Å²) in [6, 6.07) is 11.8. The van der Waals surface area contributed by atoms with E-state index in [1.807, 2.05) is 31.3 Å². The molecule has 0 saturated heterocycles. The molecule has 106 valence electrons. The fourth-order valence-electron chi connectivity index (χ4n) is 2.29. The van der Waals surface area contributed by atoms with Gasteiger partial charge in [-0.3, -0.25) is 0 Å².